The highest BCUT2D eigenvalue weighted by Gasteiger charge is 2.26. The van der Waals surface area contributed by atoms with E-state index in [4.69, 9.17) is 4.74 Å². The molecule has 0 aromatic heterocycles. The average Bonchev–Trinajstić information content (AvgIpc) is 2.57. The van der Waals surface area contributed by atoms with Crippen LogP contribution in [0.3, 0.4) is 0 Å². The van der Waals surface area contributed by atoms with Gasteiger partial charge < -0.3 is 15.4 Å². The van der Waals surface area contributed by atoms with Crippen molar-refractivity contribution in [1.82, 2.24) is 10.6 Å². The van der Waals surface area contributed by atoms with E-state index in [1.165, 1.54) is 0 Å². The summed E-state index contributed by atoms with van der Waals surface area (Å²) in [6.45, 7) is 4.46. The first-order chi connectivity index (χ1) is 7.53. The van der Waals surface area contributed by atoms with Gasteiger partial charge in [-0.15, -0.1) is 0 Å². The summed E-state index contributed by atoms with van der Waals surface area (Å²) in [5.74, 6) is 0.625. The summed E-state index contributed by atoms with van der Waals surface area (Å²) in [6.07, 6.45) is 0.962. The van der Waals surface area contributed by atoms with Gasteiger partial charge in [-0.25, -0.2) is 8.42 Å². The normalized spacial score (nSPS) is 25.8. The largest absolute Gasteiger partial charge is 0.380 e. The molecule has 1 rings (SSSR count). The average molecular weight is 250 g/mol. The molecule has 0 radical (unpaired) electrons. The fraction of sp³-hybridized carbons (Fsp3) is 1.00. The number of methoxy groups -OCH3 is 1. The second-order valence-electron chi connectivity index (χ2n) is 4.30. The van der Waals surface area contributed by atoms with E-state index in [0.717, 1.165) is 26.1 Å². The first-order valence-electron chi connectivity index (χ1n) is 5.71. The summed E-state index contributed by atoms with van der Waals surface area (Å²) in [5.41, 5.74) is 0. The molecule has 2 N–H and O–H groups in total. The summed E-state index contributed by atoms with van der Waals surface area (Å²) < 4.78 is 27.5. The zero-order valence-corrected chi connectivity index (χ0v) is 10.8. The molecule has 0 spiro atoms. The molecule has 0 saturated carbocycles. The predicted octanol–water partition coefficient (Wildman–Crippen LogP) is -0.612. The lowest BCUT2D eigenvalue weighted by Crippen LogP contribution is -2.37. The van der Waals surface area contributed by atoms with Crippen molar-refractivity contribution in [3.8, 4) is 0 Å². The molecule has 1 saturated heterocycles. The number of nitrogens with one attached hydrogen (secondary N) is 2. The van der Waals surface area contributed by atoms with Gasteiger partial charge in [-0.1, -0.05) is 0 Å². The number of hydrogen-bond acceptors (Lipinski definition) is 5. The minimum Gasteiger partial charge on any atom is -0.380 e. The van der Waals surface area contributed by atoms with E-state index in [1.54, 1.807) is 7.11 Å². The Morgan fingerprint density at radius 1 is 1.44 bits per heavy atom. The highest BCUT2D eigenvalue weighted by molar-refractivity contribution is 7.91. The first kappa shape index (κ1) is 13.9. The third-order valence-corrected chi connectivity index (χ3v) is 4.57. The van der Waals surface area contributed by atoms with Crippen molar-refractivity contribution in [1.29, 1.82) is 0 Å². The van der Waals surface area contributed by atoms with Gasteiger partial charge in [-0.05, 0) is 13.3 Å². The van der Waals surface area contributed by atoms with Crippen LogP contribution in [0.4, 0.5) is 0 Å². The van der Waals surface area contributed by atoms with E-state index in [-0.39, 0.29) is 12.1 Å². The lowest BCUT2D eigenvalue weighted by Gasteiger charge is -2.13. The Balaban J connectivity index is 2.00. The topological polar surface area (TPSA) is 67.4 Å². The van der Waals surface area contributed by atoms with Gasteiger partial charge in [0.15, 0.2) is 9.84 Å². The lowest BCUT2D eigenvalue weighted by atomic mass is 10.2. The maximum atomic E-state index is 11.2. The molecule has 96 valence electrons. The van der Waals surface area contributed by atoms with Crippen molar-refractivity contribution in [2.24, 2.45) is 0 Å². The van der Waals surface area contributed by atoms with Gasteiger partial charge in [0.2, 0.25) is 0 Å². The molecule has 2 unspecified atom stereocenters. The van der Waals surface area contributed by atoms with E-state index < -0.39 is 9.84 Å². The molecule has 5 nitrogen and oxygen atoms in total. The van der Waals surface area contributed by atoms with Crippen LogP contribution in [-0.2, 0) is 14.6 Å². The minimum atomic E-state index is -2.76. The van der Waals surface area contributed by atoms with E-state index in [9.17, 15) is 8.42 Å². The number of rotatable bonds is 7. The first-order valence-corrected chi connectivity index (χ1v) is 7.53. The highest BCUT2D eigenvalue weighted by atomic mass is 32.2. The lowest BCUT2D eigenvalue weighted by molar-refractivity contribution is 0.117. The zero-order valence-electron chi connectivity index (χ0n) is 10.0. The Kier molecular flexibility index (Phi) is 5.68. The summed E-state index contributed by atoms with van der Waals surface area (Å²) in [6, 6.07) is 0.145. The van der Waals surface area contributed by atoms with Gasteiger partial charge in [0.05, 0.1) is 17.6 Å². The fourth-order valence-corrected chi connectivity index (χ4v) is 3.42. The van der Waals surface area contributed by atoms with E-state index in [1.807, 2.05) is 6.92 Å². The number of ether oxygens (including phenoxy) is 1. The van der Waals surface area contributed by atoms with Gasteiger partial charge in [0.1, 0.15) is 0 Å². The maximum absolute atomic E-state index is 11.2. The standard InChI is InChI=1S/C10H22N2O3S/c1-9(15-2)7-11-4-5-12-10-3-6-16(13,14)8-10/h9-12H,3-8H2,1-2H3. The van der Waals surface area contributed by atoms with Gasteiger partial charge in [-0.2, -0.15) is 0 Å². The summed E-state index contributed by atoms with van der Waals surface area (Å²) in [7, 11) is -1.07. The Hall–Kier alpha value is -0.170. The van der Waals surface area contributed by atoms with Gasteiger partial charge in [0.25, 0.3) is 0 Å². The van der Waals surface area contributed by atoms with Gasteiger partial charge in [0, 0.05) is 32.8 Å². The Morgan fingerprint density at radius 2 is 2.19 bits per heavy atom. The molecule has 0 amide bonds. The van der Waals surface area contributed by atoms with Crippen LogP contribution in [0.1, 0.15) is 13.3 Å². The van der Waals surface area contributed by atoms with E-state index in [0.29, 0.717) is 11.5 Å². The summed E-state index contributed by atoms with van der Waals surface area (Å²) in [5, 5.41) is 6.49. The van der Waals surface area contributed by atoms with E-state index in [2.05, 4.69) is 10.6 Å². The predicted molar refractivity (Wildman–Crippen MR) is 64.4 cm³/mol. The Morgan fingerprint density at radius 3 is 2.75 bits per heavy atom. The smallest absolute Gasteiger partial charge is 0.151 e. The van der Waals surface area contributed by atoms with Crippen LogP contribution in [0.15, 0.2) is 0 Å². The molecule has 1 heterocycles. The molecule has 0 bridgehead atoms. The number of hydrogen-bond donors (Lipinski definition) is 2. The summed E-state index contributed by atoms with van der Waals surface area (Å²) >= 11 is 0. The molecule has 1 fully saturated rings. The molecule has 6 heteroatoms. The molecule has 0 aromatic rings. The Bertz CT molecular complexity index is 292. The second-order valence-corrected chi connectivity index (χ2v) is 6.53. The molecule has 16 heavy (non-hydrogen) atoms. The van der Waals surface area contributed by atoms with Crippen molar-refractivity contribution in [2.45, 2.75) is 25.5 Å². The van der Waals surface area contributed by atoms with Crippen LogP contribution in [-0.4, -0.2) is 58.8 Å². The molecule has 0 aliphatic carbocycles. The molecule has 2 atom stereocenters. The quantitative estimate of drug-likeness (QED) is 0.590. The third-order valence-electron chi connectivity index (χ3n) is 2.80. The highest BCUT2D eigenvalue weighted by Crippen LogP contribution is 2.10. The zero-order chi connectivity index (χ0) is 12.0. The van der Waals surface area contributed by atoms with Crippen molar-refractivity contribution < 1.29 is 13.2 Å². The number of sulfone groups is 1. The molecule has 1 aliphatic heterocycles. The SMILES string of the molecule is COC(C)CNCCNC1CCS(=O)(=O)C1. The van der Waals surface area contributed by atoms with Gasteiger partial charge >= 0.3 is 0 Å². The van der Waals surface area contributed by atoms with Crippen molar-refractivity contribution in [3.63, 3.8) is 0 Å². The third kappa shape index (κ3) is 5.25. The van der Waals surface area contributed by atoms with Crippen LogP contribution < -0.4 is 10.6 Å². The Labute approximate surface area is 97.9 Å². The maximum Gasteiger partial charge on any atom is 0.151 e. The van der Waals surface area contributed by atoms with Crippen molar-refractivity contribution >= 4 is 9.84 Å². The second kappa shape index (κ2) is 6.54. The summed E-state index contributed by atoms with van der Waals surface area (Å²) in [4.78, 5) is 0. The molecule has 0 aromatic carbocycles. The minimum absolute atomic E-state index is 0.145. The molecular weight excluding hydrogens is 228 g/mol. The fourth-order valence-electron chi connectivity index (χ4n) is 1.71. The van der Waals surface area contributed by atoms with Gasteiger partial charge in [-0.3, -0.25) is 0 Å². The van der Waals surface area contributed by atoms with Crippen LogP contribution in [0.5, 0.6) is 0 Å². The van der Waals surface area contributed by atoms with Crippen molar-refractivity contribution in [3.05, 3.63) is 0 Å². The monoisotopic (exact) mass is 250 g/mol. The van der Waals surface area contributed by atoms with Crippen LogP contribution in [0, 0.1) is 0 Å². The van der Waals surface area contributed by atoms with Crippen LogP contribution in [0.25, 0.3) is 0 Å². The molecule has 1 aliphatic rings. The molecular formula is C10H22N2O3S. The van der Waals surface area contributed by atoms with Crippen molar-refractivity contribution in [2.75, 3.05) is 38.2 Å². The van der Waals surface area contributed by atoms with E-state index >= 15 is 0 Å². The van der Waals surface area contributed by atoms with Crippen LogP contribution in [0.2, 0.25) is 0 Å². The van der Waals surface area contributed by atoms with Crippen LogP contribution >= 0.6 is 0 Å².